The highest BCUT2D eigenvalue weighted by molar-refractivity contribution is 14.0. The minimum absolute atomic E-state index is 0. The Hall–Kier alpha value is -1.55. The number of hydrogen-bond donors (Lipinski definition) is 2. The van der Waals surface area contributed by atoms with Gasteiger partial charge in [0.25, 0.3) is 0 Å². The van der Waals surface area contributed by atoms with Gasteiger partial charge in [0, 0.05) is 13.1 Å². The first kappa shape index (κ1) is 25.7. The number of halogens is 2. The summed E-state index contributed by atoms with van der Waals surface area (Å²) in [7, 11) is 1.96. The lowest BCUT2D eigenvalue weighted by Crippen LogP contribution is -2.47. The van der Waals surface area contributed by atoms with E-state index < -0.39 is 0 Å². The van der Waals surface area contributed by atoms with Gasteiger partial charge in [-0.3, -0.25) is 0 Å². The Bertz CT molecular complexity index is 837. The van der Waals surface area contributed by atoms with Crippen LogP contribution in [0.2, 0.25) is 5.02 Å². The van der Waals surface area contributed by atoms with Crippen LogP contribution in [0.5, 0.6) is 5.75 Å². The fourth-order valence-electron chi connectivity index (χ4n) is 3.53. The third-order valence-electron chi connectivity index (χ3n) is 5.59. The van der Waals surface area contributed by atoms with Crippen LogP contribution in [0.1, 0.15) is 57.1 Å². The minimum atomic E-state index is -0.0136. The zero-order chi connectivity index (χ0) is 21.3. The van der Waals surface area contributed by atoms with Gasteiger partial charge in [-0.1, -0.05) is 49.9 Å². The Morgan fingerprint density at radius 3 is 2.65 bits per heavy atom. The SMILES string of the molecule is CCC(CNC(=NCc1nnc(C)n1C)NC1CCCCC1)Oc1ccccc1Cl.I. The largest absolute Gasteiger partial charge is 0.487 e. The average molecular weight is 561 g/mol. The third kappa shape index (κ3) is 7.82. The standard InChI is InChI=1S/C22H33ClN6O.HI/c1-4-18(30-20-13-9-8-12-19(20)23)14-24-22(26-17-10-6-5-7-11-17)25-15-21-28-27-16(2)29(21)3;/h8-9,12-13,17-18H,4-7,10-11,14-15H2,1-3H3,(H2,24,25,26);1H. The van der Waals surface area contributed by atoms with Crippen molar-refractivity contribution >= 4 is 41.5 Å². The highest BCUT2D eigenvalue weighted by Crippen LogP contribution is 2.24. The summed E-state index contributed by atoms with van der Waals surface area (Å²) in [6.45, 7) is 5.16. The maximum absolute atomic E-state index is 6.25. The van der Waals surface area contributed by atoms with Crippen molar-refractivity contribution in [2.24, 2.45) is 12.0 Å². The van der Waals surface area contributed by atoms with E-state index in [-0.39, 0.29) is 30.1 Å². The molecular formula is C22H34ClIN6O. The highest BCUT2D eigenvalue weighted by Gasteiger charge is 2.17. The number of hydrogen-bond acceptors (Lipinski definition) is 4. The molecule has 2 N–H and O–H groups in total. The van der Waals surface area contributed by atoms with Crippen molar-refractivity contribution in [3.63, 3.8) is 0 Å². The van der Waals surface area contributed by atoms with Crippen LogP contribution in [0, 0.1) is 6.92 Å². The van der Waals surface area contributed by atoms with Crippen molar-refractivity contribution in [2.45, 2.75) is 71.1 Å². The molecule has 1 aliphatic carbocycles. The molecule has 1 aromatic carbocycles. The quantitative estimate of drug-likeness (QED) is 0.280. The van der Waals surface area contributed by atoms with E-state index in [0.29, 0.717) is 29.9 Å². The second kappa shape index (κ2) is 13.1. The summed E-state index contributed by atoms with van der Waals surface area (Å²) in [5.74, 6) is 3.23. The number of ether oxygens (including phenoxy) is 1. The van der Waals surface area contributed by atoms with Crippen molar-refractivity contribution in [1.82, 2.24) is 25.4 Å². The monoisotopic (exact) mass is 560 g/mol. The van der Waals surface area contributed by atoms with Crippen molar-refractivity contribution in [3.8, 4) is 5.75 Å². The van der Waals surface area contributed by atoms with Crippen LogP contribution >= 0.6 is 35.6 Å². The van der Waals surface area contributed by atoms with Gasteiger partial charge in [-0.05, 0) is 38.3 Å². The van der Waals surface area contributed by atoms with E-state index in [1.807, 2.05) is 42.8 Å². The number of rotatable bonds is 8. The second-order valence-corrected chi connectivity index (χ2v) is 8.23. The van der Waals surface area contributed by atoms with Crippen LogP contribution in [0.4, 0.5) is 0 Å². The van der Waals surface area contributed by atoms with Crippen LogP contribution < -0.4 is 15.4 Å². The smallest absolute Gasteiger partial charge is 0.192 e. The van der Waals surface area contributed by atoms with Crippen LogP contribution in [0.15, 0.2) is 29.3 Å². The maximum atomic E-state index is 6.25. The summed E-state index contributed by atoms with van der Waals surface area (Å²) in [5.41, 5.74) is 0. The molecule has 2 aromatic rings. The zero-order valence-corrected chi connectivity index (χ0v) is 21.7. The van der Waals surface area contributed by atoms with E-state index in [1.54, 1.807) is 0 Å². The summed E-state index contributed by atoms with van der Waals surface area (Å²) in [4.78, 5) is 4.78. The molecule has 1 aromatic heterocycles. The first-order chi connectivity index (χ1) is 14.6. The Morgan fingerprint density at radius 2 is 2.00 bits per heavy atom. The maximum Gasteiger partial charge on any atom is 0.192 e. The minimum Gasteiger partial charge on any atom is -0.487 e. The van der Waals surface area contributed by atoms with Crippen molar-refractivity contribution in [2.75, 3.05) is 6.54 Å². The second-order valence-electron chi connectivity index (χ2n) is 7.83. The highest BCUT2D eigenvalue weighted by atomic mass is 127. The van der Waals surface area contributed by atoms with E-state index in [1.165, 1.54) is 32.1 Å². The molecule has 1 fully saturated rings. The Labute approximate surface area is 207 Å². The number of nitrogens with zero attached hydrogens (tertiary/aromatic N) is 4. The van der Waals surface area contributed by atoms with Gasteiger partial charge in [0.15, 0.2) is 11.8 Å². The summed E-state index contributed by atoms with van der Waals surface area (Å²) < 4.78 is 8.09. The van der Waals surface area contributed by atoms with Gasteiger partial charge in [-0.2, -0.15) is 0 Å². The number of aryl methyl sites for hydroxylation is 1. The normalized spacial score (nSPS) is 15.8. The number of para-hydroxylation sites is 1. The Morgan fingerprint density at radius 1 is 1.26 bits per heavy atom. The van der Waals surface area contributed by atoms with E-state index in [4.69, 9.17) is 21.3 Å². The van der Waals surface area contributed by atoms with Crippen molar-refractivity contribution < 1.29 is 4.74 Å². The lowest BCUT2D eigenvalue weighted by Gasteiger charge is -2.26. The first-order valence-corrected chi connectivity index (χ1v) is 11.3. The molecule has 0 aliphatic heterocycles. The predicted octanol–water partition coefficient (Wildman–Crippen LogP) is 4.62. The molecule has 0 bridgehead atoms. The van der Waals surface area contributed by atoms with Crippen LogP contribution in [-0.2, 0) is 13.6 Å². The summed E-state index contributed by atoms with van der Waals surface area (Å²) >= 11 is 6.25. The van der Waals surface area contributed by atoms with E-state index >= 15 is 0 Å². The van der Waals surface area contributed by atoms with Gasteiger partial charge in [0.1, 0.15) is 24.2 Å². The summed E-state index contributed by atoms with van der Waals surface area (Å²) in [6, 6.07) is 8.04. The van der Waals surface area contributed by atoms with Gasteiger partial charge >= 0.3 is 0 Å². The van der Waals surface area contributed by atoms with Crippen molar-refractivity contribution in [1.29, 1.82) is 0 Å². The molecule has 0 spiro atoms. The summed E-state index contributed by atoms with van der Waals surface area (Å²) in [6.07, 6.45) is 7.05. The van der Waals surface area contributed by atoms with E-state index in [2.05, 4.69) is 27.8 Å². The van der Waals surface area contributed by atoms with Gasteiger partial charge in [0.2, 0.25) is 0 Å². The van der Waals surface area contributed by atoms with Crippen molar-refractivity contribution in [3.05, 3.63) is 40.9 Å². The molecule has 31 heavy (non-hydrogen) atoms. The van der Waals surface area contributed by atoms with E-state index in [0.717, 1.165) is 24.0 Å². The Balaban J connectivity index is 0.00000341. The molecule has 0 amide bonds. The molecule has 7 nitrogen and oxygen atoms in total. The third-order valence-corrected chi connectivity index (χ3v) is 5.90. The molecule has 1 aliphatic rings. The molecule has 0 radical (unpaired) electrons. The molecule has 172 valence electrons. The first-order valence-electron chi connectivity index (χ1n) is 10.9. The van der Waals surface area contributed by atoms with E-state index in [9.17, 15) is 0 Å². The molecule has 9 heteroatoms. The van der Waals surface area contributed by atoms with Gasteiger partial charge in [-0.25, -0.2) is 4.99 Å². The van der Waals surface area contributed by atoms with Gasteiger partial charge in [-0.15, -0.1) is 34.2 Å². The number of guanidine groups is 1. The predicted molar refractivity (Wildman–Crippen MR) is 136 cm³/mol. The number of aromatic nitrogens is 3. The van der Waals surface area contributed by atoms with Gasteiger partial charge < -0.3 is 19.9 Å². The number of aliphatic imine (C=N–C) groups is 1. The molecule has 3 rings (SSSR count). The van der Waals surface area contributed by atoms with Gasteiger partial charge in [0.05, 0.1) is 11.6 Å². The fourth-order valence-corrected chi connectivity index (χ4v) is 3.71. The number of nitrogens with one attached hydrogen (secondary N) is 2. The van der Waals surface area contributed by atoms with Crippen LogP contribution in [-0.4, -0.2) is 39.4 Å². The van der Waals surface area contributed by atoms with Crippen LogP contribution in [0.25, 0.3) is 0 Å². The summed E-state index contributed by atoms with van der Waals surface area (Å²) in [5, 5.41) is 16.0. The molecule has 1 heterocycles. The molecule has 0 saturated heterocycles. The average Bonchev–Trinajstić information content (AvgIpc) is 3.08. The number of benzene rings is 1. The molecular weight excluding hydrogens is 527 g/mol. The zero-order valence-electron chi connectivity index (χ0n) is 18.6. The molecule has 1 unspecified atom stereocenters. The topological polar surface area (TPSA) is 76.4 Å². The molecule has 1 saturated carbocycles. The molecule has 1 atom stereocenters. The lowest BCUT2D eigenvalue weighted by atomic mass is 9.96. The lowest BCUT2D eigenvalue weighted by molar-refractivity contribution is 0.199. The fraction of sp³-hybridized carbons (Fsp3) is 0.591. The van der Waals surface area contributed by atoms with Crippen LogP contribution in [0.3, 0.4) is 0 Å². The Kier molecular flexibility index (Phi) is 10.9.